The largest absolute Gasteiger partial charge is 0.481 e. The molecule has 1 fully saturated rings. The molecule has 1 aliphatic heterocycles. The fourth-order valence-electron chi connectivity index (χ4n) is 2.13. The highest BCUT2D eigenvalue weighted by Gasteiger charge is 2.26. The molecular weight excluding hydrogens is 233 g/mol. The van der Waals surface area contributed by atoms with E-state index in [1.54, 1.807) is 12.1 Å². The number of nitrogens with zero attached hydrogens (tertiary/aromatic N) is 1. The van der Waals surface area contributed by atoms with Gasteiger partial charge in [0.1, 0.15) is 11.6 Å². The smallest absolute Gasteiger partial charge is 0.263 e. The molecular formula is C14H18FNO2. The number of hydrogen-bond acceptors (Lipinski definition) is 2. The van der Waals surface area contributed by atoms with Crippen molar-refractivity contribution in [3.63, 3.8) is 0 Å². The number of benzene rings is 1. The molecule has 0 N–H and O–H groups in total. The van der Waals surface area contributed by atoms with Gasteiger partial charge in [0.05, 0.1) is 0 Å². The molecule has 0 aliphatic carbocycles. The van der Waals surface area contributed by atoms with Crippen molar-refractivity contribution in [2.75, 3.05) is 13.1 Å². The normalized spacial score (nSPS) is 16.7. The van der Waals surface area contributed by atoms with Gasteiger partial charge in [0.15, 0.2) is 6.10 Å². The minimum Gasteiger partial charge on any atom is -0.481 e. The molecule has 1 saturated heterocycles. The van der Waals surface area contributed by atoms with E-state index in [2.05, 4.69) is 0 Å². The van der Waals surface area contributed by atoms with Crippen LogP contribution in [0.5, 0.6) is 5.75 Å². The second kappa shape index (κ2) is 5.85. The fourth-order valence-corrected chi connectivity index (χ4v) is 2.13. The van der Waals surface area contributed by atoms with Crippen molar-refractivity contribution in [1.29, 1.82) is 0 Å². The number of amides is 1. The van der Waals surface area contributed by atoms with Crippen LogP contribution in [0.15, 0.2) is 24.3 Å². The first-order valence-electron chi connectivity index (χ1n) is 6.41. The van der Waals surface area contributed by atoms with Crippen LogP contribution >= 0.6 is 0 Å². The highest BCUT2D eigenvalue weighted by molar-refractivity contribution is 5.81. The number of likely N-dealkylation sites (tertiary alicyclic amines) is 1. The number of hydrogen-bond donors (Lipinski definition) is 0. The van der Waals surface area contributed by atoms with Crippen molar-refractivity contribution < 1.29 is 13.9 Å². The molecule has 0 spiro atoms. The van der Waals surface area contributed by atoms with E-state index in [-0.39, 0.29) is 11.7 Å². The highest BCUT2D eigenvalue weighted by atomic mass is 19.1. The van der Waals surface area contributed by atoms with Crippen molar-refractivity contribution >= 4 is 5.91 Å². The fraction of sp³-hybridized carbons (Fsp3) is 0.500. The maximum atomic E-state index is 12.8. The second-order valence-corrected chi connectivity index (χ2v) is 4.50. The first-order chi connectivity index (χ1) is 8.70. The standard InChI is InChI=1S/C14H18FNO2/c1-2-13(14(17)16-9-3-4-10-16)18-12-7-5-11(15)6-8-12/h5-8,13H,2-4,9-10H2,1H3/t13-/m1/s1. The number of rotatable bonds is 4. The molecule has 1 aromatic carbocycles. The van der Waals surface area contributed by atoms with Crippen molar-refractivity contribution in [2.45, 2.75) is 32.3 Å². The van der Waals surface area contributed by atoms with Gasteiger partial charge in [-0.25, -0.2) is 4.39 Å². The van der Waals surface area contributed by atoms with E-state index >= 15 is 0 Å². The van der Waals surface area contributed by atoms with Gasteiger partial charge in [-0.1, -0.05) is 6.92 Å². The first-order valence-corrected chi connectivity index (χ1v) is 6.41. The molecule has 98 valence electrons. The molecule has 1 atom stereocenters. The third kappa shape index (κ3) is 3.00. The lowest BCUT2D eigenvalue weighted by molar-refractivity contribution is -0.137. The Morgan fingerprint density at radius 1 is 1.33 bits per heavy atom. The number of ether oxygens (including phenoxy) is 1. The maximum Gasteiger partial charge on any atom is 0.263 e. The second-order valence-electron chi connectivity index (χ2n) is 4.50. The quantitative estimate of drug-likeness (QED) is 0.823. The number of halogens is 1. The van der Waals surface area contributed by atoms with Gasteiger partial charge in [0.2, 0.25) is 0 Å². The molecule has 1 aliphatic rings. The monoisotopic (exact) mass is 251 g/mol. The van der Waals surface area contributed by atoms with E-state index in [1.807, 2.05) is 11.8 Å². The summed E-state index contributed by atoms with van der Waals surface area (Å²) < 4.78 is 18.4. The van der Waals surface area contributed by atoms with Gasteiger partial charge in [0.25, 0.3) is 5.91 Å². The van der Waals surface area contributed by atoms with Gasteiger partial charge in [-0.15, -0.1) is 0 Å². The third-order valence-electron chi connectivity index (χ3n) is 3.16. The van der Waals surface area contributed by atoms with Crippen LogP contribution < -0.4 is 4.74 Å². The lowest BCUT2D eigenvalue weighted by Gasteiger charge is -2.23. The molecule has 0 saturated carbocycles. The van der Waals surface area contributed by atoms with E-state index in [9.17, 15) is 9.18 Å². The Morgan fingerprint density at radius 3 is 2.50 bits per heavy atom. The Hall–Kier alpha value is -1.58. The molecule has 0 aromatic heterocycles. The zero-order valence-electron chi connectivity index (χ0n) is 10.6. The van der Waals surface area contributed by atoms with Crippen LogP contribution in [0.25, 0.3) is 0 Å². The molecule has 0 bridgehead atoms. The highest BCUT2D eigenvalue weighted by Crippen LogP contribution is 2.17. The van der Waals surface area contributed by atoms with Gasteiger partial charge < -0.3 is 9.64 Å². The van der Waals surface area contributed by atoms with Gasteiger partial charge in [-0.3, -0.25) is 4.79 Å². The van der Waals surface area contributed by atoms with E-state index in [4.69, 9.17) is 4.74 Å². The molecule has 0 radical (unpaired) electrons. The Kier molecular flexibility index (Phi) is 4.18. The zero-order valence-corrected chi connectivity index (χ0v) is 10.6. The molecule has 4 heteroatoms. The maximum absolute atomic E-state index is 12.8. The minimum absolute atomic E-state index is 0.0410. The Morgan fingerprint density at radius 2 is 1.94 bits per heavy atom. The lowest BCUT2D eigenvalue weighted by atomic mass is 10.2. The van der Waals surface area contributed by atoms with Crippen molar-refractivity contribution in [3.05, 3.63) is 30.1 Å². The molecule has 3 nitrogen and oxygen atoms in total. The van der Waals surface area contributed by atoms with E-state index in [0.29, 0.717) is 12.2 Å². The van der Waals surface area contributed by atoms with Gasteiger partial charge in [0, 0.05) is 13.1 Å². The first kappa shape index (κ1) is 12.9. The van der Waals surface area contributed by atoms with Gasteiger partial charge in [-0.05, 0) is 43.5 Å². The van der Waals surface area contributed by atoms with Crippen LogP contribution in [0.3, 0.4) is 0 Å². The summed E-state index contributed by atoms with van der Waals surface area (Å²) in [4.78, 5) is 14.0. The summed E-state index contributed by atoms with van der Waals surface area (Å²) in [6.07, 6.45) is 2.29. The zero-order chi connectivity index (χ0) is 13.0. The Labute approximate surface area is 107 Å². The van der Waals surface area contributed by atoms with Gasteiger partial charge >= 0.3 is 0 Å². The summed E-state index contributed by atoms with van der Waals surface area (Å²) in [6.45, 7) is 3.56. The molecule has 18 heavy (non-hydrogen) atoms. The van der Waals surface area contributed by atoms with Crippen molar-refractivity contribution in [3.8, 4) is 5.75 Å². The molecule has 0 unspecified atom stereocenters. The van der Waals surface area contributed by atoms with Crippen molar-refractivity contribution in [2.24, 2.45) is 0 Å². The predicted molar refractivity (Wildman–Crippen MR) is 66.9 cm³/mol. The third-order valence-corrected chi connectivity index (χ3v) is 3.16. The van der Waals surface area contributed by atoms with Crippen LogP contribution in [0.4, 0.5) is 4.39 Å². The van der Waals surface area contributed by atoms with E-state index < -0.39 is 6.10 Å². The van der Waals surface area contributed by atoms with E-state index in [0.717, 1.165) is 25.9 Å². The predicted octanol–water partition coefficient (Wildman–Crippen LogP) is 2.61. The topological polar surface area (TPSA) is 29.5 Å². The summed E-state index contributed by atoms with van der Waals surface area (Å²) in [5.41, 5.74) is 0. The summed E-state index contributed by atoms with van der Waals surface area (Å²) >= 11 is 0. The molecule has 2 rings (SSSR count). The molecule has 1 amide bonds. The van der Waals surface area contributed by atoms with E-state index in [1.165, 1.54) is 12.1 Å². The summed E-state index contributed by atoms with van der Waals surface area (Å²) in [5.74, 6) is 0.274. The number of carbonyl (C=O) groups is 1. The Bertz CT molecular complexity index is 399. The summed E-state index contributed by atoms with van der Waals surface area (Å²) in [7, 11) is 0. The Balaban J connectivity index is 2.00. The number of carbonyl (C=O) groups excluding carboxylic acids is 1. The SMILES string of the molecule is CC[C@@H](Oc1ccc(F)cc1)C(=O)N1CCCC1. The average Bonchev–Trinajstić information content (AvgIpc) is 2.91. The average molecular weight is 251 g/mol. The lowest BCUT2D eigenvalue weighted by Crippen LogP contribution is -2.40. The van der Waals surface area contributed by atoms with Crippen LogP contribution in [0.2, 0.25) is 0 Å². The summed E-state index contributed by atoms with van der Waals surface area (Å²) in [5, 5.41) is 0. The van der Waals surface area contributed by atoms with Crippen LogP contribution in [-0.2, 0) is 4.79 Å². The molecule has 1 aromatic rings. The van der Waals surface area contributed by atoms with Crippen LogP contribution in [-0.4, -0.2) is 30.0 Å². The van der Waals surface area contributed by atoms with Crippen LogP contribution in [0, 0.1) is 5.82 Å². The molecule has 1 heterocycles. The van der Waals surface area contributed by atoms with Gasteiger partial charge in [-0.2, -0.15) is 0 Å². The van der Waals surface area contributed by atoms with Crippen molar-refractivity contribution in [1.82, 2.24) is 4.90 Å². The minimum atomic E-state index is -0.464. The summed E-state index contributed by atoms with van der Waals surface area (Å²) in [6, 6.07) is 5.77. The van der Waals surface area contributed by atoms with Crippen LogP contribution in [0.1, 0.15) is 26.2 Å².